The molecule has 19 heavy (non-hydrogen) atoms. The van der Waals surface area contributed by atoms with Gasteiger partial charge in [0.2, 0.25) is 5.91 Å². The Morgan fingerprint density at radius 2 is 1.95 bits per heavy atom. The number of amides is 2. The summed E-state index contributed by atoms with van der Waals surface area (Å²) in [6, 6.07) is 5.56. The van der Waals surface area contributed by atoms with Crippen LogP contribution in [-0.2, 0) is 4.79 Å². The fourth-order valence-electron chi connectivity index (χ4n) is 2.38. The Kier molecular flexibility index (Phi) is 4.14. The lowest BCUT2D eigenvalue weighted by Crippen LogP contribution is -2.41. The molecule has 5 heteroatoms. The lowest BCUT2D eigenvalue weighted by atomic mass is 9.95. The number of carbonyl (C=O) groups excluding carboxylic acids is 2. The van der Waals surface area contributed by atoms with E-state index >= 15 is 0 Å². The molecule has 1 aliphatic rings. The van der Waals surface area contributed by atoms with Gasteiger partial charge in [0.15, 0.2) is 0 Å². The van der Waals surface area contributed by atoms with Crippen molar-refractivity contribution in [3.63, 3.8) is 0 Å². The van der Waals surface area contributed by atoms with Crippen LogP contribution in [0.4, 0.5) is 0 Å². The minimum absolute atomic E-state index is 0.0105. The predicted octanol–water partition coefficient (Wildman–Crippen LogP) is 1.62. The highest BCUT2D eigenvalue weighted by Crippen LogP contribution is 2.21. The highest BCUT2D eigenvalue weighted by molar-refractivity contribution is 7.80. The van der Waals surface area contributed by atoms with Crippen molar-refractivity contribution in [2.75, 3.05) is 13.1 Å². The molecular formula is C14H18N2O2S. The molecule has 4 nitrogen and oxygen atoms in total. The predicted molar refractivity (Wildman–Crippen MR) is 76.3 cm³/mol. The molecule has 102 valence electrons. The van der Waals surface area contributed by atoms with Gasteiger partial charge in [-0.25, -0.2) is 0 Å². The number of hydrogen-bond donors (Lipinski definition) is 2. The van der Waals surface area contributed by atoms with Crippen LogP contribution >= 0.6 is 12.6 Å². The maximum atomic E-state index is 12.4. The number of nitrogens with two attached hydrogens (primary N) is 1. The van der Waals surface area contributed by atoms with E-state index in [1.54, 1.807) is 11.0 Å². The maximum Gasteiger partial charge on any atom is 0.254 e. The molecule has 0 spiro atoms. The summed E-state index contributed by atoms with van der Waals surface area (Å²) in [5.41, 5.74) is 6.92. The van der Waals surface area contributed by atoms with E-state index in [4.69, 9.17) is 5.73 Å². The van der Waals surface area contributed by atoms with Crippen molar-refractivity contribution < 1.29 is 9.59 Å². The summed E-state index contributed by atoms with van der Waals surface area (Å²) < 4.78 is 0. The zero-order valence-corrected chi connectivity index (χ0v) is 11.8. The molecule has 1 heterocycles. The van der Waals surface area contributed by atoms with Crippen LogP contribution in [0.5, 0.6) is 0 Å². The number of likely N-dealkylation sites (tertiary alicyclic amines) is 1. The quantitative estimate of drug-likeness (QED) is 0.808. The first-order chi connectivity index (χ1) is 8.99. The van der Waals surface area contributed by atoms with Gasteiger partial charge in [0.1, 0.15) is 0 Å². The summed E-state index contributed by atoms with van der Waals surface area (Å²) in [4.78, 5) is 26.1. The monoisotopic (exact) mass is 278 g/mol. The standard InChI is InChI=1S/C14H18N2O2S/c1-9-2-3-11(19)8-12(9)14(18)16-6-4-10(5-7-16)13(15)17/h2-3,8,10,19H,4-7H2,1H3,(H2,15,17). The van der Waals surface area contributed by atoms with Crippen LogP contribution < -0.4 is 5.73 Å². The number of rotatable bonds is 2. The molecule has 1 aliphatic heterocycles. The van der Waals surface area contributed by atoms with Crippen molar-refractivity contribution in [1.82, 2.24) is 4.90 Å². The third kappa shape index (κ3) is 3.10. The molecule has 0 radical (unpaired) electrons. The van der Waals surface area contributed by atoms with Crippen molar-refractivity contribution in [1.29, 1.82) is 0 Å². The van der Waals surface area contributed by atoms with Gasteiger partial charge < -0.3 is 10.6 Å². The van der Waals surface area contributed by atoms with Gasteiger partial charge in [-0.15, -0.1) is 12.6 Å². The van der Waals surface area contributed by atoms with Crippen molar-refractivity contribution >= 4 is 24.4 Å². The van der Waals surface area contributed by atoms with Crippen molar-refractivity contribution in [3.05, 3.63) is 29.3 Å². The highest BCUT2D eigenvalue weighted by Gasteiger charge is 2.26. The SMILES string of the molecule is Cc1ccc(S)cc1C(=O)N1CCC(C(N)=O)CC1. The van der Waals surface area contributed by atoms with Crippen LogP contribution in [0.2, 0.25) is 0 Å². The first-order valence-corrected chi connectivity index (χ1v) is 6.82. The summed E-state index contributed by atoms with van der Waals surface area (Å²) >= 11 is 4.27. The largest absolute Gasteiger partial charge is 0.369 e. The second kappa shape index (κ2) is 5.65. The smallest absolute Gasteiger partial charge is 0.254 e. The Balaban J connectivity index is 2.09. The summed E-state index contributed by atoms with van der Waals surface area (Å²) in [7, 11) is 0. The Hall–Kier alpha value is -1.49. The van der Waals surface area contributed by atoms with Gasteiger partial charge in [-0.05, 0) is 37.5 Å². The first-order valence-electron chi connectivity index (χ1n) is 6.37. The summed E-state index contributed by atoms with van der Waals surface area (Å²) in [6.07, 6.45) is 1.31. The average molecular weight is 278 g/mol. The highest BCUT2D eigenvalue weighted by atomic mass is 32.1. The van der Waals surface area contributed by atoms with E-state index in [-0.39, 0.29) is 17.7 Å². The van der Waals surface area contributed by atoms with E-state index in [0.717, 1.165) is 10.5 Å². The lowest BCUT2D eigenvalue weighted by molar-refractivity contribution is -0.123. The Morgan fingerprint density at radius 1 is 1.32 bits per heavy atom. The third-order valence-electron chi connectivity index (χ3n) is 3.64. The van der Waals surface area contributed by atoms with E-state index in [9.17, 15) is 9.59 Å². The summed E-state index contributed by atoms with van der Waals surface area (Å²) in [6.45, 7) is 3.09. The minimum Gasteiger partial charge on any atom is -0.369 e. The number of piperidine rings is 1. The molecule has 2 rings (SSSR count). The van der Waals surface area contributed by atoms with Gasteiger partial charge in [-0.2, -0.15) is 0 Å². The van der Waals surface area contributed by atoms with Crippen molar-refractivity contribution in [3.8, 4) is 0 Å². The number of aryl methyl sites for hydroxylation is 1. The number of primary amides is 1. The van der Waals surface area contributed by atoms with E-state index in [1.165, 1.54) is 0 Å². The number of hydrogen-bond acceptors (Lipinski definition) is 3. The average Bonchev–Trinajstić information content (AvgIpc) is 2.41. The van der Waals surface area contributed by atoms with Gasteiger partial charge in [0, 0.05) is 29.5 Å². The summed E-state index contributed by atoms with van der Waals surface area (Å²) in [5.74, 6) is -0.349. The van der Waals surface area contributed by atoms with Crippen LogP contribution in [0.1, 0.15) is 28.8 Å². The Labute approximate surface area is 118 Å². The molecule has 0 aliphatic carbocycles. The number of carbonyl (C=O) groups is 2. The van der Waals surface area contributed by atoms with Gasteiger partial charge in [0.05, 0.1) is 0 Å². The zero-order chi connectivity index (χ0) is 14.0. The molecule has 0 atom stereocenters. The molecule has 0 saturated carbocycles. The van der Waals surface area contributed by atoms with E-state index < -0.39 is 0 Å². The fourth-order valence-corrected chi connectivity index (χ4v) is 2.58. The minimum atomic E-state index is -0.263. The molecule has 2 N–H and O–H groups in total. The van der Waals surface area contributed by atoms with Gasteiger partial charge in [-0.3, -0.25) is 9.59 Å². The lowest BCUT2D eigenvalue weighted by Gasteiger charge is -2.31. The fraction of sp³-hybridized carbons (Fsp3) is 0.429. The Morgan fingerprint density at radius 3 is 2.53 bits per heavy atom. The molecule has 0 bridgehead atoms. The molecule has 1 fully saturated rings. The van der Waals surface area contributed by atoms with Crippen LogP contribution in [-0.4, -0.2) is 29.8 Å². The molecular weight excluding hydrogens is 260 g/mol. The topological polar surface area (TPSA) is 63.4 Å². The normalized spacial score (nSPS) is 16.4. The second-order valence-electron chi connectivity index (χ2n) is 4.97. The van der Waals surface area contributed by atoms with E-state index in [2.05, 4.69) is 12.6 Å². The second-order valence-corrected chi connectivity index (χ2v) is 5.48. The number of thiol groups is 1. The molecule has 1 aromatic rings. The zero-order valence-electron chi connectivity index (χ0n) is 10.9. The van der Waals surface area contributed by atoms with Crippen LogP contribution in [0, 0.1) is 12.8 Å². The maximum absolute atomic E-state index is 12.4. The molecule has 2 amide bonds. The van der Waals surface area contributed by atoms with Crippen molar-refractivity contribution in [2.24, 2.45) is 11.7 Å². The number of nitrogens with zero attached hydrogens (tertiary/aromatic N) is 1. The van der Waals surface area contributed by atoms with Gasteiger partial charge >= 0.3 is 0 Å². The third-order valence-corrected chi connectivity index (χ3v) is 3.91. The van der Waals surface area contributed by atoms with Gasteiger partial charge in [-0.1, -0.05) is 6.07 Å². The van der Waals surface area contributed by atoms with Gasteiger partial charge in [0.25, 0.3) is 5.91 Å². The number of benzene rings is 1. The van der Waals surface area contributed by atoms with E-state index in [1.807, 2.05) is 19.1 Å². The molecule has 0 aromatic heterocycles. The molecule has 1 saturated heterocycles. The van der Waals surface area contributed by atoms with Crippen LogP contribution in [0.15, 0.2) is 23.1 Å². The molecule has 1 aromatic carbocycles. The molecule has 0 unspecified atom stereocenters. The van der Waals surface area contributed by atoms with E-state index in [0.29, 0.717) is 31.5 Å². The first kappa shape index (κ1) is 13.9. The van der Waals surface area contributed by atoms with Crippen molar-refractivity contribution in [2.45, 2.75) is 24.7 Å². The summed E-state index contributed by atoms with van der Waals surface area (Å²) in [5, 5.41) is 0. The Bertz CT molecular complexity index is 508. The van der Waals surface area contributed by atoms with Crippen LogP contribution in [0.3, 0.4) is 0 Å². The van der Waals surface area contributed by atoms with Crippen LogP contribution in [0.25, 0.3) is 0 Å².